The second-order valence-corrected chi connectivity index (χ2v) is 6.99. The minimum atomic E-state index is 0.249. The predicted octanol–water partition coefficient (Wildman–Crippen LogP) is 3.45. The normalized spacial score (nSPS) is 28.2. The summed E-state index contributed by atoms with van der Waals surface area (Å²) in [7, 11) is 0. The molecule has 1 N–H and O–H groups in total. The zero-order valence-corrected chi connectivity index (χ0v) is 11.2. The van der Waals surface area contributed by atoms with Gasteiger partial charge in [-0.2, -0.15) is 0 Å². The fourth-order valence-electron chi connectivity index (χ4n) is 2.29. The van der Waals surface area contributed by atoms with E-state index in [0.29, 0.717) is 0 Å². The molecule has 16 heavy (non-hydrogen) atoms. The molecule has 1 heterocycles. The van der Waals surface area contributed by atoms with E-state index >= 15 is 0 Å². The molecule has 88 valence electrons. The van der Waals surface area contributed by atoms with Crippen molar-refractivity contribution in [3.8, 4) is 0 Å². The first-order valence-electron chi connectivity index (χ1n) is 5.96. The van der Waals surface area contributed by atoms with E-state index in [9.17, 15) is 0 Å². The van der Waals surface area contributed by atoms with Crippen molar-refractivity contribution >= 4 is 11.8 Å². The molecule has 0 spiro atoms. The molecule has 0 bridgehead atoms. The van der Waals surface area contributed by atoms with Crippen LogP contribution in [0.25, 0.3) is 0 Å². The monoisotopic (exact) mass is 235 g/mol. The summed E-state index contributed by atoms with van der Waals surface area (Å²) in [5.41, 5.74) is 1.73. The van der Waals surface area contributed by atoms with Crippen LogP contribution in [0, 0.1) is 0 Å². The Labute approximate surface area is 103 Å². The van der Waals surface area contributed by atoms with Gasteiger partial charge in [-0.1, -0.05) is 30.3 Å². The maximum absolute atomic E-state index is 3.74. The first-order chi connectivity index (χ1) is 7.49. The number of aryl methyl sites for hydroxylation is 1. The zero-order chi connectivity index (χ0) is 11.6. The standard InChI is InChI=1S/C14H21NS/c1-13(2)11-16-14(3,15-13)10-9-12-7-5-4-6-8-12/h4-8,15H,9-11H2,1-3H3. The molecule has 0 radical (unpaired) electrons. The molecule has 0 amide bonds. The van der Waals surface area contributed by atoms with Gasteiger partial charge in [0.15, 0.2) is 0 Å². The molecule has 2 rings (SSSR count). The fourth-order valence-corrected chi connectivity index (χ4v) is 3.64. The van der Waals surface area contributed by atoms with Crippen LogP contribution in [0.2, 0.25) is 0 Å². The molecule has 0 saturated carbocycles. The van der Waals surface area contributed by atoms with Crippen molar-refractivity contribution in [2.75, 3.05) is 5.75 Å². The van der Waals surface area contributed by atoms with Crippen LogP contribution in [0.4, 0.5) is 0 Å². The number of hydrogen-bond donors (Lipinski definition) is 1. The van der Waals surface area contributed by atoms with E-state index in [1.165, 1.54) is 17.7 Å². The largest absolute Gasteiger partial charge is 0.297 e. The second-order valence-electron chi connectivity index (χ2n) is 5.51. The van der Waals surface area contributed by atoms with Gasteiger partial charge in [0.1, 0.15) is 0 Å². The van der Waals surface area contributed by atoms with E-state index in [1.54, 1.807) is 0 Å². The maximum atomic E-state index is 3.74. The van der Waals surface area contributed by atoms with Crippen LogP contribution in [-0.2, 0) is 6.42 Å². The fraction of sp³-hybridized carbons (Fsp3) is 0.571. The van der Waals surface area contributed by atoms with Crippen LogP contribution >= 0.6 is 11.8 Å². The third-order valence-electron chi connectivity index (χ3n) is 3.09. The van der Waals surface area contributed by atoms with Gasteiger partial charge in [0.2, 0.25) is 0 Å². The molecule has 1 saturated heterocycles. The first kappa shape index (κ1) is 12.0. The lowest BCUT2D eigenvalue weighted by Gasteiger charge is -2.27. The van der Waals surface area contributed by atoms with Crippen LogP contribution in [0.15, 0.2) is 30.3 Å². The number of hydrogen-bond acceptors (Lipinski definition) is 2. The number of nitrogens with one attached hydrogen (secondary N) is 1. The maximum Gasteiger partial charge on any atom is 0.0624 e. The Bertz CT molecular complexity index is 347. The molecule has 1 aliphatic heterocycles. The van der Waals surface area contributed by atoms with Gasteiger partial charge in [0, 0.05) is 11.3 Å². The van der Waals surface area contributed by atoms with Gasteiger partial charge in [-0.15, -0.1) is 11.8 Å². The highest BCUT2D eigenvalue weighted by atomic mass is 32.2. The van der Waals surface area contributed by atoms with Crippen LogP contribution in [0.1, 0.15) is 32.8 Å². The molecule has 2 heteroatoms. The quantitative estimate of drug-likeness (QED) is 0.861. The summed E-state index contributed by atoms with van der Waals surface area (Å²) in [5, 5.41) is 3.74. The van der Waals surface area contributed by atoms with Crippen LogP contribution in [0.5, 0.6) is 0 Å². The van der Waals surface area contributed by atoms with Gasteiger partial charge < -0.3 is 0 Å². The minimum absolute atomic E-state index is 0.249. The highest BCUT2D eigenvalue weighted by Crippen LogP contribution is 2.38. The third-order valence-corrected chi connectivity index (χ3v) is 4.90. The lowest BCUT2D eigenvalue weighted by Crippen LogP contribution is -2.45. The Morgan fingerprint density at radius 3 is 2.44 bits per heavy atom. The van der Waals surface area contributed by atoms with Gasteiger partial charge in [0.25, 0.3) is 0 Å². The van der Waals surface area contributed by atoms with E-state index in [1.807, 2.05) is 0 Å². The van der Waals surface area contributed by atoms with Crippen molar-refractivity contribution in [1.29, 1.82) is 0 Å². The number of benzene rings is 1. The van der Waals surface area contributed by atoms with Crippen molar-refractivity contribution in [2.24, 2.45) is 0 Å². The molecule has 0 aliphatic carbocycles. The Morgan fingerprint density at radius 2 is 1.88 bits per heavy atom. The van der Waals surface area contributed by atoms with Crippen molar-refractivity contribution < 1.29 is 0 Å². The van der Waals surface area contributed by atoms with Gasteiger partial charge in [-0.25, -0.2) is 0 Å². The molecular weight excluding hydrogens is 214 g/mol. The molecule has 1 aromatic rings. The van der Waals surface area contributed by atoms with Gasteiger partial charge in [-0.3, -0.25) is 5.32 Å². The molecule has 1 atom stereocenters. The summed E-state index contributed by atoms with van der Waals surface area (Å²) < 4.78 is 0. The number of thioether (sulfide) groups is 1. The average molecular weight is 235 g/mol. The van der Waals surface area contributed by atoms with Crippen molar-refractivity contribution in [3.05, 3.63) is 35.9 Å². The van der Waals surface area contributed by atoms with Crippen LogP contribution < -0.4 is 5.32 Å². The minimum Gasteiger partial charge on any atom is -0.297 e. The van der Waals surface area contributed by atoms with Crippen LogP contribution in [-0.4, -0.2) is 16.2 Å². The topological polar surface area (TPSA) is 12.0 Å². The van der Waals surface area contributed by atoms with E-state index in [-0.39, 0.29) is 10.4 Å². The van der Waals surface area contributed by atoms with E-state index in [0.717, 1.165) is 6.42 Å². The molecular formula is C14H21NS. The SMILES string of the molecule is CC1(C)CSC(C)(CCc2ccccc2)N1. The highest BCUT2D eigenvalue weighted by molar-refractivity contribution is 8.00. The zero-order valence-electron chi connectivity index (χ0n) is 10.4. The molecule has 1 nitrogen and oxygen atoms in total. The summed E-state index contributed by atoms with van der Waals surface area (Å²) in [6.45, 7) is 6.90. The van der Waals surface area contributed by atoms with Crippen molar-refractivity contribution in [3.63, 3.8) is 0 Å². The Morgan fingerprint density at radius 1 is 1.19 bits per heavy atom. The summed E-state index contributed by atoms with van der Waals surface area (Å²) in [6.07, 6.45) is 2.36. The Kier molecular flexibility index (Phi) is 3.32. The third kappa shape index (κ3) is 3.02. The highest BCUT2D eigenvalue weighted by Gasteiger charge is 2.38. The van der Waals surface area contributed by atoms with E-state index < -0.39 is 0 Å². The predicted molar refractivity (Wildman–Crippen MR) is 72.8 cm³/mol. The molecule has 1 aromatic carbocycles. The van der Waals surface area contributed by atoms with Gasteiger partial charge in [-0.05, 0) is 39.2 Å². The molecule has 1 aliphatic rings. The number of rotatable bonds is 3. The lowest BCUT2D eigenvalue weighted by atomic mass is 10.0. The second kappa shape index (κ2) is 4.42. The van der Waals surface area contributed by atoms with Crippen molar-refractivity contribution in [2.45, 2.75) is 44.0 Å². The van der Waals surface area contributed by atoms with E-state index in [2.05, 4.69) is 68.2 Å². The molecule has 0 aromatic heterocycles. The first-order valence-corrected chi connectivity index (χ1v) is 6.95. The lowest BCUT2D eigenvalue weighted by molar-refractivity contribution is 0.367. The summed E-state index contributed by atoms with van der Waals surface area (Å²) >= 11 is 2.06. The van der Waals surface area contributed by atoms with Gasteiger partial charge in [0.05, 0.1) is 4.87 Å². The Balaban J connectivity index is 1.91. The molecule has 1 unspecified atom stereocenters. The van der Waals surface area contributed by atoms with Crippen molar-refractivity contribution in [1.82, 2.24) is 5.32 Å². The van der Waals surface area contributed by atoms with Gasteiger partial charge >= 0.3 is 0 Å². The van der Waals surface area contributed by atoms with E-state index in [4.69, 9.17) is 0 Å². The Hall–Kier alpha value is -0.470. The summed E-state index contributed by atoms with van der Waals surface area (Å²) in [4.78, 5) is 0.249. The summed E-state index contributed by atoms with van der Waals surface area (Å²) in [5.74, 6) is 1.21. The smallest absolute Gasteiger partial charge is 0.0624 e. The summed E-state index contributed by atoms with van der Waals surface area (Å²) in [6, 6.07) is 10.8. The van der Waals surface area contributed by atoms with Crippen LogP contribution in [0.3, 0.4) is 0 Å². The molecule has 1 fully saturated rings. The average Bonchev–Trinajstić information content (AvgIpc) is 2.53.